The molecule has 0 radical (unpaired) electrons. The molecule has 224 valence electrons. The predicted molar refractivity (Wildman–Crippen MR) is 159 cm³/mol. The van der Waals surface area contributed by atoms with E-state index in [-0.39, 0.29) is 31.4 Å². The minimum absolute atomic E-state index is 0.0174. The van der Waals surface area contributed by atoms with Crippen molar-refractivity contribution in [3.05, 3.63) is 73.9 Å². The summed E-state index contributed by atoms with van der Waals surface area (Å²) in [6.45, 7) is 10.7. The lowest BCUT2D eigenvalue weighted by atomic mass is 10.0. The lowest BCUT2D eigenvalue weighted by Crippen LogP contribution is -2.56. The van der Waals surface area contributed by atoms with Crippen LogP contribution in [0.15, 0.2) is 40.2 Å². The van der Waals surface area contributed by atoms with Crippen molar-refractivity contribution in [2.24, 2.45) is 0 Å². The summed E-state index contributed by atoms with van der Waals surface area (Å²) in [5.41, 5.74) is -0.215. The van der Waals surface area contributed by atoms with Crippen molar-refractivity contribution in [1.82, 2.24) is 29.4 Å². The van der Waals surface area contributed by atoms with Gasteiger partial charge in [0.1, 0.15) is 21.2 Å². The molecule has 3 heterocycles. The molecule has 1 amide bonds. The number of rotatable bonds is 9. The Hall–Kier alpha value is -4.15. The van der Waals surface area contributed by atoms with Gasteiger partial charge in [-0.1, -0.05) is 24.3 Å². The molecule has 4 rings (SSSR count). The number of carbonyl (C=O) groups is 1. The summed E-state index contributed by atoms with van der Waals surface area (Å²) in [5.74, 6) is -0.784. The highest BCUT2D eigenvalue weighted by molar-refractivity contribution is 7.21. The molecule has 0 unspecified atom stereocenters. The maximum absolute atomic E-state index is 14.0. The maximum atomic E-state index is 14.0. The predicted octanol–water partition coefficient (Wildman–Crippen LogP) is 3.21. The molecular formula is C29H36FN7O4S. The zero-order valence-electron chi connectivity index (χ0n) is 24.6. The van der Waals surface area contributed by atoms with Gasteiger partial charge in [-0.15, -0.1) is 4.80 Å². The highest BCUT2D eigenvalue weighted by Gasteiger charge is 2.35. The molecule has 0 spiro atoms. The molecule has 11 nitrogen and oxygen atoms in total. The van der Waals surface area contributed by atoms with Gasteiger partial charge >= 0.3 is 5.69 Å². The molecule has 3 aromatic heterocycles. The van der Waals surface area contributed by atoms with Gasteiger partial charge in [-0.05, 0) is 70.7 Å². The van der Waals surface area contributed by atoms with Crippen LogP contribution in [0.4, 0.5) is 4.39 Å². The van der Waals surface area contributed by atoms with Crippen LogP contribution in [0, 0.1) is 24.1 Å². The summed E-state index contributed by atoms with van der Waals surface area (Å²) in [4.78, 5) is 42.8. The van der Waals surface area contributed by atoms with Gasteiger partial charge in [0.25, 0.3) is 5.56 Å². The summed E-state index contributed by atoms with van der Waals surface area (Å²) in [6.07, 6.45) is 4.41. The Labute approximate surface area is 246 Å². The number of nitrogens with one attached hydrogen (secondary N) is 1. The van der Waals surface area contributed by atoms with E-state index in [2.05, 4.69) is 15.5 Å². The number of nitriles is 1. The van der Waals surface area contributed by atoms with E-state index in [1.807, 2.05) is 20.8 Å². The van der Waals surface area contributed by atoms with E-state index in [1.165, 1.54) is 45.2 Å². The summed E-state index contributed by atoms with van der Waals surface area (Å²) in [5, 5.41) is 27.6. The van der Waals surface area contributed by atoms with Crippen molar-refractivity contribution < 1.29 is 14.3 Å². The Balaban J connectivity index is 0.000000892. The molecule has 0 saturated carbocycles. The molecule has 0 atom stereocenters. The first kappa shape index (κ1) is 32.4. The number of aryl methyl sites for hydroxylation is 4. The SMILES string of the molecule is CCc1ccc(F)cc1CCn1c(=O)n(C(C)(C)C(=O)NC(C)C)c(=O)c2c(C)c(-n3nccn3)sc21.N#CCCO. The Bertz CT molecular complexity index is 1710. The topological polar surface area (TPSA) is 148 Å². The second-order valence-electron chi connectivity index (χ2n) is 10.4. The number of aromatic nitrogens is 5. The number of hydrogen-bond donors (Lipinski definition) is 2. The molecule has 0 fully saturated rings. The Morgan fingerprint density at radius 2 is 1.88 bits per heavy atom. The van der Waals surface area contributed by atoms with Gasteiger partial charge in [-0.25, -0.2) is 13.8 Å². The third kappa shape index (κ3) is 6.66. The van der Waals surface area contributed by atoms with Crippen LogP contribution in [0.2, 0.25) is 0 Å². The number of nitrogens with zero attached hydrogens (tertiary/aromatic N) is 6. The third-order valence-electron chi connectivity index (χ3n) is 6.70. The van der Waals surface area contributed by atoms with Crippen molar-refractivity contribution in [3.63, 3.8) is 0 Å². The third-order valence-corrected chi connectivity index (χ3v) is 7.98. The van der Waals surface area contributed by atoms with Crippen molar-refractivity contribution in [2.75, 3.05) is 6.61 Å². The van der Waals surface area contributed by atoms with E-state index in [4.69, 9.17) is 10.4 Å². The van der Waals surface area contributed by atoms with E-state index in [9.17, 15) is 18.8 Å². The molecule has 4 aromatic rings. The van der Waals surface area contributed by atoms with Gasteiger partial charge in [0, 0.05) is 18.2 Å². The minimum atomic E-state index is -1.46. The molecule has 0 aliphatic heterocycles. The van der Waals surface area contributed by atoms with Crippen LogP contribution in [0.1, 0.15) is 57.7 Å². The fourth-order valence-electron chi connectivity index (χ4n) is 4.53. The number of fused-ring (bicyclic) bond motifs is 1. The first-order valence-electron chi connectivity index (χ1n) is 13.6. The average molecular weight is 598 g/mol. The van der Waals surface area contributed by atoms with Crippen LogP contribution < -0.4 is 16.6 Å². The zero-order valence-corrected chi connectivity index (χ0v) is 25.5. The quantitative estimate of drug-likeness (QED) is 0.301. The van der Waals surface area contributed by atoms with Crippen LogP contribution in [-0.4, -0.2) is 47.8 Å². The van der Waals surface area contributed by atoms with Crippen LogP contribution in [0.3, 0.4) is 0 Å². The number of carbonyl (C=O) groups excluding carboxylic acids is 1. The monoisotopic (exact) mass is 597 g/mol. The second kappa shape index (κ2) is 13.7. The van der Waals surface area contributed by atoms with Gasteiger partial charge in [-0.3, -0.25) is 14.2 Å². The number of amides is 1. The smallest absolute Gasteiger partial charge is 0.333 e. The van der Waals surface area contributed by atoms with Crippen LogP contribution in [-0.2, 0) is 29.7 Å². The minimum Gasteiger partial charge on any atom is -0.395 e. The summed E-state index contributed by atoms with van der Waals surface area (Å²) >= 11 is 1.24. The van der Waals surface area contributed by atoms with Gasteiger partial charge in [-0.2, -0.15) is 15.5 Å². The summed E-state index contributed by atoms with van der Waals surface area (Å²) < 4.78 is 16.6. The first-order chi connectivity index (χ1) is 19.9. The summed E-state index contributed by atoms with van der Waals surface area (Å²) in [7, 11) is 0. The van der Waals surface area contributed by atoms with Crippen molar-refractivity contribution in [1.29, 1.82) is 5.26 Å². The molecule has 2 N–H and O–H groups in total. The molecule has 42 heavy (non-hydrogen) atoms. The van der Waals surface area contributed by atoms with Crippen LogP contribution in [0.25, 0.3) is 15.2 Å². The molecule has 0 saturated heterocycles. The molecule has 13 heteroatoms. The fraction of sp³-hybridized carbons (Fsp3) is 0.448. The first-order valence-corrected chi connectivity index (χ1v) is 14.4. The van der Waals surface area contributed by atoms with Gasteiger partial charge in [0.05, 0.1) is 36.9 Å². The number of benzene rings is 1. The lowest BCUT2D eigenvalue weighted by Gasteiger charge is -2.27. The molecule has 0 aliphatic carbocycles. The standard InChI is InChI=1S/C26H31FN6O3S.C3H5NO/c1-7-17-8-9-19(27)14-18(17)10-13-31-23-20(16(4)22(37-23)33-28-11-12-29-33)21(34)32(25(31)36)26(5,6)24(35)30-15(2)3;4-2-1-3-5/h8-9,11-12,14-15H,7,10,13H2,1-6H3,(H,30,35);5H,1,3H2. The number of aliphatic hydroxyl groups is 1. The lowest BCUT2D eigenvalue weighted by molar-refractivity contribution is -0.129. The van der Waals surface area contributed by atoms with Crippen LogP contribution in [0.5, 0.6) is 0 Å². The molecule has 0 aliphatic rings. The average Bonchev–Trinajstić information content (AvgIpc) is 3.57. The van der Waals surface area contributed by atoms with E-state index in [0.29, 0.717) is 27.2 Å². The normalized spacial score (nSPS) is 11.3. The van der Waals surface area contributed by atoms with Crippen LogP contribution >= 0.6 is 11.3 Å². The van der Waals surface area contributed by atoms with E-state index in [1.54, 1.807) is 32.9 Å². The van der Waals surface area contributed by atoms with Crippen molar-refractivity contribution in [2.45, 2.75) is 78.9 Å². The number of aliphatic hydroxyl groups excluding tert-OH is 1. The number of hydrogen-bond acceptors (Lipinski definition) is 8. The maximum Gasteiger partial charge on any atom is 0.333 e. The van der Waals surface area contributed by atoms with Crippen molar-refractivity contribution in [3.8, 4) is 11.1 Å². The largest absolute Gasteiger partial charge is 0.395 e. The fourth-order valence-corrected chi connectivity index (χ4v) is 5.77. The highest BCUT2D eigenvalue weighted by atomic mass is 32.1. The van der Waals surface area contributed by atoms with Gasteiger partial charge in [0.2, 0.25) is 5.91 Å². The number of halogens is 1. The highest BCUT2D eigenvalue weighted by Crippen LogP contribution is 2.31. The van der Waals surface area contributed by atoms with Crippen molar-refractivity contribution >= 4 is 27.5 Å². The number of thiophene rings is 1. The van der Waals surface area contributed by atoms with Gasteiger partial charge in [0.15, 0.2) is 0 Å². The molecule has 0 bridgehead atoms. The Kier molecular flexibility index (Phi) is 10.5. The molecule has 1 aromatic carbocycles. The second-order valence-corrected chi connectivity index (χ2v) is 11.4. The Morgan fingerprint density at radius 1 is 1.21 bits per heavy atom. The van der Waals surface area contributed by atoms with E-state index < -0.39 is 22.7 Å². The Morgan fingerprint density at radius 3 is 2.43 bits per heavy atom. The molecular weight excluding hydrogens is 561 g/mol. The van der Waals surface area contributed by atoms with E-state index >= 15 is 0 Å². The summed E-state index contributed by atoms with van der Waals surface area (Å²) in [6, 6.07) is 6.25. The van der Waals surface area contributed by atoms with Gasteiger partial charge < -0.3 is 10.4 Å². The zero-order chi connectivity index (χ0) is 31.2. The van der Waals surface area contributed by atoms with E-state index in [0.717, 1.165) is 22.1 Å².